The lowest BCUT2D eigenvalue weighted by Crippen LogP contribution is -2.13. The second-order valence-electron chi connectivity index (χ2n) is 4.63. The van der Waals surface area contributed by atoms with Gasteiger partial charge in [-0.15, -0.1) is 0 Å². The maximum atomic E-state index is 14.9. The first-order chi connectivity index (χ1) is 11.0. The molecule has 0 aliphatic rings. The molecular formula is C15H10BrClFN3O2. The Morgan fingerprint density at radius 1 is 1.39 bits per heavy atom. The van der Waals surface area contributed by atoms with E-state index in [1.807, 2.05) is 0 Å². The Kier molecular flexibility index (Phi) is 4.23. The van der Waals surface area contributed by atoms with E-state index >= 15 is 0 Å². The van der Waals surface area contributed by atoms with Gasteiger partial charge in [-0.05, 0) is 30.3 Å². The summed E-state index contributed by atoms with van der Waals surface area (Å²) in [6, 6.07) is 8.33. The van der Waals surface area contributed by atoms with Crippen LogP contribution in [0.15, 0.2) is 41.1 Å². The van der Waals surface area contributed by atoms with Crippen molar-refractivity contribution < 1.29 is 13.9 Å². The smallest absolute Gasteiger partial charge is 0.340 e. The third-order valence-corrected chi connectivity index (χ3v) is 4.18. The zero-order valence-corrected chi connectivity index (χ0v) is 14.2. The monoisotopic (exact) mass is 397 g/mol. The van der Waals surface area contributed by atoms with Crippen molar-refractivity contribution in [1.82, 2.24) is 9.97 Å². The number of aromatic nitrogens is 2. The average molecular weight is 399 g/mol. The van der Waals surface area contributed by atoms with Gasteiger partial charge in [-0.2, -0.15) is 0 Å². The minimum absolute atomic E-state index is 0.0116. The van der Waals surface area contributed by atoms with Crippen molar-refractivity contribution in [2.45, 2.75) is 0 Å². The predicted molar refractivity (Wildman–Crippen MR) is 89.5 cm³/mol. The van der Waals surface area contributed by atoms with Gasteiger partial charge < -0.3 is 9.72 Å². The van der Waals surface area contributed by atoms with Crippen LogP contribution in [0, 0.1) is 5.82 Å². The van der Waals surface area contributed by atoms with Crippen LogP contribution >= 0.6 is 27.7 Å². The van der Waals surface area contributed by atoms with Crippen LogP contribution in [0.1, 0.15) is 10.4 Å². The number of benzene rings is 2. The average Bonchev–Trinajstić information content (AvgIpc) is 3.03. The fourth-order valence-corrected chi connectivity index (χ4v) is 2.73. The molecule has 1 heterocycles. The molecule has 0 spiro atoms. The summed E-state index contributed by atoms with van der Waals surface area (Å²) in [6.07, 6.45) is 1.34. The van der Waals surface area contributed by atoms with Gasteiger partial charge in [0.1, 0.15) is 11.2 Å². The molecule has 0 aliphatic heterocycles. The Morgan fingerprint density at radius 2 is 2.09 bits per heavy atom. The third kappa shape index (κ3) is 2.77. The Hall–Kier alpha value is -2.12. The molecule has 5 nitrogen and oxygen atoms in total. The van der Waals surface area contributed by atoms with E-state index in [4.69, 9.17) is 16.5 Å². The number of rotatable bonds is 3. The van der Waals surface area contributed by atoms with Crippen LogP contribution in [-0.2, 0) is 4.74 Å². The first-order valence-corrected chi connectivity index (χ1v) is 7.61. The van der Waals surface area contributed by atoms with Gasteiger partial charge in [-0.3, -0.25) is 0 Å². The highest BCUT2D eigenvalue weighted by atomic mass is 79.9. The van der Waals surface area contributed by atoms with Gasteiger partial charge in [0.25, 0.3) is 0 Å². The zero-order chi connectivity index (χ0) is 16.6. The third-order valence-electron chi connectivity index (χ3n) is 3.29. The van der Waals surface area contributed by atoms with Crippen LogP contribution in [0.2, 0.25) is 0 Å². The van der Waals surface area contributed by atoms with Crippen molar-refractivity contribution in [3.63, 3.8) is 0 Å². The van der Waals surface area contributed by atoms with E-state index in [1.54, 1.807) is 24.3 Å². The number of hydrogen-bond acceptors (Lipinski definition) is 4. The molecule has 0 atom stereocenters. The Balaban J connectivity index is 2.23. The predicted octanol–water partition coefficient (Wildman–Crippen LogP) is 4.54. The molecule has 0 saturated heterocycles. The number of nitrogens with zero attached hydrogens (tertiary/aromatic N) is 2. The van der Waals surface area contributed by atoms with E-state index < -0.39 is 11.8 Å². The molecule has 0 amide bonds. The normalized spacial score (nSPS) is 10.8. The van der Waals surface area contributed by atoms with Crippen molar-refractivity contribution in [3.05, 3.63) is 52.5 Å². The molecule has 23 heavy (non-hydrogen) atoms. The number of aromatic amines is 1. The standard InChI is InChI=1S/C15H10BrClFN3O2/c1-23-15(22)10-6-11-13(20-7-19-11)12(18)14(10)21(17)9-4-2-8(16)3-5-9/h2-7H,1H3,(H,19,20). The van der Waals surface area contributed by atoms with E-state index in [0.717, 1.165) is 8.89 Å². The van der Waals surface area contributed by atoms with Crippen LogP contribution in [0.25, 0.3) is 11.0 Å². The van der Waals surface area contributed by atoms with Gasteiger partial charge in [0.15, 0.2) is 5.82 Å². The molecule has 0 aliphatic carbocycles. The fraction of sp³-hybridized carbons (Fsp3) is 0.0667. The SMILES string of the molecule is COC(=O)c1cc2nc[nH]c2c(F)c1N(Cl)c1ccc(Br)cc1. The summed E-state index contributed by atoms with van der Waals surface area (Å²) in [7, 11) is 1.22. The summed E-state index contributed by atoms with van der Waals surface area (Å²) in [5.41, 5.74) is 0.862. The summed E-state index contributed by atoms with van der Waals surface area (Å²) in [5, 5.41) is 0. The minimum atomic E-state index is -0.702. The second kappa shape index (κ2) is 6.17. The van der Waals surface area contributed by atoms with Gasteiger partial charge >= 0.3 is 5.97 Å². The topological polar surface area (TPSA) is 58.2 Å². The molecule has 0 fully saturated rings. The lowest BCUT2D eigenvalue weighted by Gasteiger charge is -2.19. The Bertz CT molecular complexity index is 882. The van der Waals surface area contributed by atoms with Crippen LogP contribution < -0.4 is 4.42 Å². The number of carbonyl (C=O) groups excluding carboxylic acids is 1. The van der Waals surface area contributed by atoms with Gasteiger partial charge in [0.05, 0.1) is 30.2 Å². The summed E-state index contributed by atoms with van der Waals surface area (Å²) in [4.78, 5) is 18.7. The van der Waals surface area contributed by atoms with Crippen molar-refractivity contribution in [1.29, 1.82) is 0 Å². The Morgan fingerprint density at radius 3 is 2.74 bits per heavy atom. The Labute approximate surface area is 144 Å². The molecular weight excluding hydrogens is 389 g/mol. The van der Waals surface area contributed by atoms with Crippen LogP contribution in [0.4, 0.5) is 15.8 Å². The van der Waals surface area contributed by atoms with Crippen LogP contribution in [-0.4, -0.2) is 23.0 Å². The van der Waals surface area contributed by atoms with E-state index in [2.05, 4.69) is 25.9 Å². The maximum absolute atomic E-state index is 14.9. The number of halogens is 3. The first-order valence-electron chi connectivity index (χ1n) is 6.48. The molecule has 8 heteroatoms. The number of H-pyrrole nitrogens is 1. The zero-order valence-electron chi connectivity index (χ0n) is 11.8. The number of hydrogen-bond donors (Lipinski definition) is 1. The summed E-state index contributed by atoms with van der Waals surface area (Å²) in [5.74, 6) is -1.38. The molecule has 0 radical (unpaired) electrons. The number of fused-ring (bicyclic) bond motifs is 1. The largest absolute Gasteiger partial charge is 0.465 e. The van der Waals surface area contributed by atoms with Crippen molar-refractivity contribution in [2.75, 3.05) is 11.5 Å². The lowest BCUT2D eigenvalue weighted by molar-refractivity contribution is 0.0601. The molecule has 0 unspecified atom stereocenters. The first kappa shape index (κ1) is 15.8. The molecule has 0 saturated carbocycles. The van der Waals surface area contributed by atoms with E-state index in [0.29, 0.717) is 11.2 Å². The summed E-state index contributed by atoms with van der Waals surface area (Å²) < 4.78 is 21.5. The van der Waals surface area contributed by atoms with Gasteiger partial charge in [0.2, 0.25) is 0 Å². The van der Waals surface area contributed by atoms with Gasteiger partial charge in [-0.25, -0.2) is 18.6 Å². The second-order valence-corrected chi connectivity index (χ2v) is 5.89. The molecule has 2 aromatic carbocycles. The molecule has 1 N–H and O–H groups in total. The molecule has 0 bridgehead atoms. The highest BCUT2D eigenvalue weighted by Gasteiger charge is 2.25. The minimum Gasteiger partial charge on any atom is -0.465 e. The van der Waals surface area contributed by atoms with Crippen molar-refractivity contribution in [3.8, 4) is 0 Å². The van der Waals surface area contributed by atoms with E-state index in [1.165, 1.54) is 19.5 Å². The fourth-order valence-electron chi connectivity index (χ4n) is 2.19. The molecule has 3 aromatic rings. The van der Waals surface area contributed by atoms with Gasteiger partial charge in [0, 0.05) is 16.2 Å². The number of carbonyl (C=O) groups is 1. The summed E-state index contributed by atoms with van der Waals surface area (Å²) in [6.45, 7) is 0. The highest BCUT2D eigenvalue weighted by Crippen LogP contribution is 2.37. The molecule has 3 rings (SSSR count). The van der Waals surface area contributed by atoms with E-state index in [9.17, 15) is 9.18 Å². The highest BCUT2D eigenvalue weighted by molar-refractivity contribution is 9.10. The van der Waals surface area contributed by atoms with Gasteiger partial charge in [-0.1, -0.05) is 15.9 Å². The van der Waals surface area contributed by atoms with E-state index in [-0.39, 0.29) is 16.8 Å². The molecule has 118 valence electrons. The maximum Gasteiger partial charge on any atom is 0.340 e. The van der Waals surface area contributed by atoms with Crippen molar-refractivity contribution >= 4 is 56.1 Å². The number of esters is 1. The van der Waals surface area contributed by atoms with Crippen LogP contribution in [0.5, 0.6) is 0 Å². The van der Waals surface area contributed by atoms with Crippen LogP contribution in [0.3, 0.4) is 0 Å². The number of ether oxygens (including phenoxy) is 1. The summed E-state index contributed by atoms with van der Waals surface area (Å²) >= 11 is 9.62. The number of methoxy groups -OCH3 is 1. The number of anilines is 2. The quantitative estimate of drug-likeness (QED) is 0.520. The van der Waals surface area contributed by atoms with Crippen molar-refractivity contribution in [2.24, 2.45) is 0 Å². The lowest BCUT2D eigenvalue weighted by atomic mass is 10.1. The number of nitrogens with one attached hydrogen (secondary N) is 1. The number of imidazole rings is 1. The molecule has 1 aromatic heterocycles.